The Bertz CT molecular complexity index is 890. The molecule has 4 rings (SSSR count). The maximum Gasteiger partial charge on any atom is 0.180 e. The van der Waals surface area contributed by atoms with Crippen LogP contribution in [0.4, 0.5) is 0 Å². The normalized spacial score (nSPS) is 11.1. The highest BCUT2D eigenvalue weighted by Gasteiger charge is 2.13. The summed E-state index contributed by atoms with van der Waals surface area (Å²) in [7, 11) is 0. The van der Waals surface area contributed by atoms with Gasteiger partial charge < -0.3 is 4.42 Å². The zero-order valence-electron chi connectivity index (χ0n) is 11.0. The molecule has 2 aromatic carbocycles. The van der Waals surface area contributed by atoms with Crippen LogP contribution >= 0.6 is 15.9 Å². The van der Waals surface area contributed by atoms with Crippen molar-refractivity contribution in [3.05, 3.63) is 71.5 Å². The molecule has 0 unspecified atom stereocenters. The number of rotatable bonds is 2. The predicted octanol–water partition coefficient (Wildman–Crippen LogP) is 5.05. The maximum absolute atomic E-state index is 5.92. The molecule has 102 valence electrons. The summed E-state index contributed by atoms with van der Waals surface area (Å²) >= 11 is 3.58. The van der Waals surface area contributed by atoms with Crippen molar-refractivity contribution in [3.8, 4) is 17.3 Å². The monoisotopic (exact) mass is 338 g/mol. The van der Waals surface area contributed by atoms with Crippen LogP contribution < -0.4 is 0 Å². The number of nitrogens with zero attached hydrogens (tertiary/aromatic N) is 2. The van der Waals surface area contributed by atoms with Crippen molar-refractivity contribution in [3.63, 3.8) is 0 Å². The van der Waals surface area contributed by atoms with Gasteiger partial charge in [-0.25, -0.2) is 4.98 Å². The van der Waals surface area contributed by atoms with Crippen LogP contribution in [-0.2, 0) is 0 Å². The van der Waals surface area contributed by atoms with Gasteiger partial charge in [0.15, 0.2) is 11.6 Å². The molecule has 0 saturated carbocycles. The van der Waals surface area contributed by atoms with Gasteiger partial charge in [0, 0.05) is 22.3 Å². The summed E-state index contributed by atoms with van der Waals surface area (Å²) in [6.45, 7) is 0. The molecule has 0 radical (unpaired) electrons. The number of imidazole rings is 1. The molecular weight excluding hydrogens is 328 g/mol. The molecule has 0 aliphatic carbocycles. The summed E-state index contributed by atoms with van der Waals surface area (Å²) in [5.74, 6) is 1.55. The standard InChI is InChI=1S/C17H11BrN2O/c18-13-6-2-3-7-14(13)20-10-9-19-17(20)16-11-12-5-1-4-8-15(12)21-16/h1-11H. The Morgan fingerprint density at radius 2 is 1.81 bits per heavy atom. The van der Waals surface area contributed by atoms with E-state index in [1.807, 2.05) is 65.4 Å². The van der Waals surface area contributed by atoms with E-state index in [-0.39, 0.29) is 0 Å². The molecular formula is C17H11BrN2O. The SMILES string of the molecule is Brc1ccccc1-n1ccnc1-c1cc2ccccc2o1. The fourth-order valence-corrected chi connectivity index (χ4v) is 2.90. The Morgan fingerprint density at radius 1 is 1.00 bits per heavy atom. The van der Waals surface area contributed by atoms with Crippen LogP contribution in [0, 0.1) is 0 Å². The lowest BCUT2D eigenvalue weighted by Crippen LogP contribution is -1.96. The van der Waals surface area contributed by atoms with Gasteiger partial charge in [0.25, 0.3) is 0 Å². The molecule has 3 nitrogen and oxygen atoms in total. The molecule has 0 aliphatic heterocycles. The van der Waals surface area contributed by atoms with E-state index in [4.69, 9.17) is 4.42 Å². The number of para-hydroxylation sites is 2. The minimum absolute atomic E-state index is 0.761. The molecule has 2 aromatic heterocycles. The minimum atomic E-state index is 0.761. The summed E-state index contributed by atoms with van der Waals surface area (Å²) < 4.78 is 8.95. The lowest BCUT2D eigenvalue weighted by Gasteiger charge is -2.07. The molecule has 4 heteroatoms. The summed E-state index contributed by atoms with van der Waals surface area (Å²) in [5.41, 5.74) is 1.90. The molecule has 2 heterocycles. The van der Waals surface area contributed by atoms with Crippen molar-refractivity contribution >= 4 is 26.9 Å². The Labute approximate surface area is 130 Å². The van der Waals surface area contributed by atoms with Gasteiger partial charge >= 0.3 is 0 Å². The third-order valence-corrected chi connectivity index (χ3v) is 4.07. The van der Waals surface area contributed by atoms with E-state index < -0.39 is 0 Å². The third-order valence-electron chi connectivity index (χ3n) is 3.40. The molecule has 0 N–H and O–H groups in total. The lowest BCUT2D eigenvalue weighted by molar-refractivity contribution is 0.623. The molecule has 0 fully saturated rings. The Balaban J connectivity index is 1.91. The number of hydrogen-bond donors (Lipinski definition) is 0. The zero-order chi connectivity index (χ0) is 14.2. The van der Waals surface area contributed by atoms with Crippen LogP contribution in [0.1, 0.15) is 0 Å². The Kier molecular flexibility index (Phi) is 2.89. The topological polar surface area (TPSA) is 31.0 Å². The summed E-state index contributed by atoms with van der Waals surface area (Å²) in [6, 6.07) is 18.0. The maximum atomic E-state index is 5.92. The summed E-state index contributed by atoms with van der Waals surface area (Å²) in [6.07, 6.45) is 3.71. The van der Waals surface area contributed by atoms with Crippen LogP contribution in [0.2, 0.25) is 0 Å². The van der Waals surface area contributed by atoms with E-state index >= 15 is 0 Å². The van der Waals surface area contributed by atoms with Gasteiger partial charge in [0.2, 0.25) is 0 Å². The fourth-order valence-electron chi connectivity index (χ4n) is 2.42. The number of halogens is 1. The average Bonchev–Trinajstić information content (AvgIpc) is 3.13. The predicted molar refractivity (Wildman–Crippen MR) is 86.5 cm³/mol. The van der Waals surface area contributed by atoms with Gasteiger partial charge in [-0.15, -0.1) is 0 Å². The van der Waals surface area contributed by atoms with E-state index in [0.717, 1.165) is 32.7 Å². The largest absolute Gasteiger partial charge is 0.453 e. The zero-order valence-corrected chi connectivity index (χ0v) is 12.6. The second kappa shape index (κ2) is 4.90. The second-order valence-electron chi connectivity index (χ2n) is 4.72. The van der Waals surface area contributed by atoms with Gasteiger partial charge in [-0.05, 0) is 40.2 Å². The van der Waals surface area contributed by atoms with Crippen LogP contribution in [0.5, 0.6) is 0 Å². The van der Waals surface area contributed by atoms with Crippen LogP contribution in [0.15, 0.2) is 75.9 Å². The highest BCUT2D eigenvalue weighted by atomic mass is 79.9. The molecule has 0 atom stereocenters. The first-order valence-electron chi connectivity index (χ1n) is 6.60. The van der Waals surface area contributed by atoms with Gasteiger partial charge in [-0.2, -0.15) is 0 Å². The van der Waals surface area contributed by atoms with Gasteiger partial charge in [0.05, 0.1) is 5.69 Å². The van der Waals surface area contributed by atoms with Crippen molar-refractivity contribution in [2.24, 2.45) is 0 Å². The first-order chi connectivity index (χ1) is 10.3. The van der Waals surface area contributed by atoms with E-state index in [1.165, 1.54) is 0 Å². The van der Waals surface area contributed by atoms with Crippen molar-refractivity contribution in [2.75, 3.05) is 0 Å². The van der Waals surface area contributed by atoms with Crippen molar-refractivity contribution in [2.45, 2.75) is 0 Å². The van der Waals surface area contributed by atoms with Gasteiger partial charge in [-0.1, -0.05) is 30.3 Å². The second-order valence-corrected chi connectivity index (χ2v) is 5.58. The van der Waals surface area contributed by atoms with Crippen LogP contribution in [0.25, 0.3) is 28.2 Å². The molecule has 0 aliphatic rings. The summed E-state index contributed by atoms with van der Waals surface area (Å²) in [5, 5.41) is 1.08. The molecule has 21 heavy (non-hydrogen) atoms. The smallest absolute Gasteiger partial charge is 0.180 e. The Hall–Kier alpha value is -2.33. The number of aromatic nitrogens is 2. The molecule has 0 bridgehead atoms. The van der Waals surface area contributed by atoms with E-state index in [0.29, 0.717) is 0 Å². The van der Waals surface area contributed by atoms with E-state index in [2.05, 4.69) is 20.9 Å². The first-order valence-corrected chi connectivity index (χ1v) is 7.39. The summed E-state index contributed by atoms with van der Waals surface area (Å²) in [4.78, 5) is 4.45. The van der Waals surface area contributed by atoms with E-state index in [9.17, 15) is 0 Å². The van der Waals surface area contributed by atoms with Crippen LogP contribution in [-0.4, -0.2) is 9.55 Å². The number of hydrogen-bond acceptors (Lipinski definition) is 2. The number of benzene rings is 2. The number of furan rings is 1. The highest BCUT2D eigenvalue weighted by molar-refractivity contribution is 9.10. The third kappa shape index (κ3) is 2.08. The van der Waals surface area contributed by atoms with Crippen molar-refractivity contribution < 1.29 is 4.42 Å². The van der Waals surface area contributed by atoms with Crippen LogP contribution in [0.3, 0.4) is 0 Å². The van der Waals surface area contributed by atoms with E-state index in [1.54, 1.807) is 6.20 Å². The highest BCUT2D eigenvalue weighted by Crippen LogP contribution is 2.30. The quantitative estimate of drug-likeness (QED) is 0.512. The van der Waals surface area contributed by atoms with Gasteiger partial charge in [0.1, 0.15) is 5.58 Å². The number of fused-ring (bicyclic) bond motifs is 1. The lowest BCUT2D eigenvalue weighted by atomic mass is 10.2. The van der Waals surface area contributed by atoms with Gasteiger partial charge in [-0.3, -0.25) is 4.57 Å². The average molecular weight is 339 g/mol. The molecule has 4 aromatic rings. The van der Waals surface area contributed by atoms with Crippen molar-refractivity contribution in [1.82, 2.24) is 9.55 Å². The van der Waals surface area contributed by atoms with Crippen molar-refractivity contribution in [1.29, 1.82) is 0 Å². The Morgan fingerprint density at radius 3 is 2.67 bits per heavy atom. The fraction of sp³-hybridized carbons (Fsp3) is 0. The molecule has 0 spiro atoms. The minimum Gasteiger partial charge on any atom is -0.453 e. The molecule has 0 saturated heterocycles. The first kappa shape index (κ1) is 12.4. The molecule has 0 amide bonds.